The van der Waals surface area contributed by atoms with Crippen LogP contribution in [-0.4, -0.2) is 47.5 Å². The van der Waals surface area contributed by atoms with Crippen LogP contribution in [0.4, 0.5) is 5.69 Å². The van der Waals surface area contributed by atoms with Crippen LogP contribution >= 0.6 is 0 Å². The lowest BCUT2D eigenvalue weighted by atomic mass is 9.93. The summed E-state index contributed by atoms with van der Waals surface area (Å²) in [6.07, 6.45) is 2.59. The van der Waals surface area contributed by atoms with Crippen LogP contribution in [0, 0.1) is 5.92 Å². The fraction of sp³-hybridized carbons (Fsp3) is 0.407. The summed E-state index contributed by atoms with van der Waals surface area (Å²) in [6.45, 7) is 2.89. The summed E-state index contributed by atoms with van der Waals surface area (Å²) in [7, 11) is 0. The molecule has 0 radical (unpaired) electrons. The maximum absolute atomic E-state index is 13.7. The van der Waals surface area contributed by atoms with Crippen LogP contribution < -0.4 is 28.3 Å². The van der Waals surface area contributed by atoms with Crippen molar-refractivity contribution in [1.29, 1.82) is 0 Å². The number of nitrogens with one attached hydrogen (secondary N) is 1. The SMILES string of the molecule is NCCC(=O)Nc1cccc(Cn2c(C(=O)N3CCC(CCN)CC3)cc3ccc(C(N)N)cc32)c1. The molecule has 1 aliphatic rings. The number of nitrogens with zero attached hydrogens (tertiary/aromatic N) is 2. The number of benzene rings is 2. The van der Waals surface area contributed by atoms with Gasteiger partial charge in [-0.3, -0.25) is 9.59 Å². The van der Waals surface area contributed by atoms with Gasteiger partial charge in [-0.2, -0.15) is 0 Å². The Balaban J connectivity index is 1.66. The summed E-state index contributed by atoms with van der Waals surface area (Å²) < 4.78 is 2.02. The van der Waals surface area contributed by atoms with Gasteiger partial charge in [0.15, 0.2) is 0 Å². The largest absolute Gasteiger partial charge is 0.337 e. The van der Waals surface area contributed by atoms with Crippen molar-refractivity contribution in [3.63, 3.8) is 0 Å². The summed E-state index contributed by atoms with van der Waals surface area (Å²) in [5.74, 6) is 0.468. The van der Waals surface area contributed by atoms with E-state index in [0.29, 0.717) is 36.9 Å². The van der Waals surface area contributed by atoms with Gasteiger partial charge in [0.25, 0.3) is 5.91 Å². The standard InChI is InChI=1S/C27H37N7O2/c28-10-6-18-8-12-33(13-9-18)27(36)24-15-20-4-5-21(26(30)31)16-23(20)34(24)17-19-2-1-3-22(14-19)32-25(35)7-11-29/h1-5,14-16,18,26H,6-13,17,28-31H2,(H,32,35). The third-order valence-electron chi connectivity index (χ3n) is 6.93. The highest BCUT2D eigenvalue weighted by Gasteiger charge is 2.26. The molecule has 192 valence electrons. The fourth-order valence-corrected chi connectivity index (χ4v) is 4.93. The van der Waals surface area contributed by atoms with E-state index in [4.69, 9.17) is 22.9 Å². The van der Waals surface area contributed by atoms with Crippen LogP contribution in [0.2, 0.25) is 0 Å². The molecule has 1 fully saturated rings. The van der Waals surface area contributed by atoms with Crippen molar-refractivity contribution in [3.8, 4) is 0 Å². The van der Waals surface area contributed by atoms with Crippen molar-refractivity contribution < 1.29 is 9.59 Å². The number of nitrogens with two attached hydrogens (primary N) is 4. The molecule has 2 amide bonds. The molecule has 0 unspecified atom stereocenters. The molecule has 0 aliphatic carbocycles. The Labute approximate surface area is 211 Å². The fourth-order valence-electron chi connectivity index (χ4n) is 4.93. The summed E-state index contributed by atoms with van der Waals surface area (Å²) >= 11 is 0. The van der Waals surface area contributed by atoms with Gasteiger partial charge in [-0.05, 0) is 67.1 Å². The zero-order valence-electron chi connectivity index (χ0n) is 20.7. The van der Waals surface area contributed by atoms with E-state index in [2.05, 4.69) is 5.32 Å². The highest BCUT2D eigenvalue weighted by Crippen LogP contribution is 2.27. The molecule has 2 heterocycles. The number of anilines is 1. The lowest BCUT2D eigenvalue weighted by Gasteiger charge is -2.32. The lowest BCUT2D eigenvalue weighted by molar-refractivity contribution is -0.116. The number of piperidine rings is 1. The number of carbonyl (C=O) groups is 2. The third kappa shape index (κ3) is 5.93. The molecule has 1 aliphatic heterocycles. The van der Waals surface area contributed by atoms with E-state index in [1.807, 2.05) is 58.0 Å². The normalized spacial score (nSPS) is 14.5. The molecule has 4 rings (SSSR count). The van der Waals surface area contributed by atoms with E-state index in [1.165, 1.54) is 0 Å². The molecular formula is C27H37N7O2. The Morgan fingerprint density at radius 3 is 2.47 bits per heavy atom. The van der Waals surface area contributed by atoms with Crippen LogP contribution in [0.15, 0.2) is 48.5 Å². The zero-order valence-corrected chi connectivity index (χ0v) is 20.7. The predicted octanol–water partition coefficient (Wildman–Crippen LogP) is 2.09. The van der Waals surface area contributed by atoms with Crippen LogP contribution in [0.5, 0.6) is 0 Å². The minimum atomic E-state index is -0.612. The van der Waals surface area contributed by atoms with Gasteiger partial charge in [0.2, 0.25) is 5.91 Å². The lowest BCUT2D eigenvalue weighted by Crippen LogP contribution is -2.39. The highest BCUT2D eigenvalue weighted by atomic mass is 16.2. The van der Waals surface area contributed by atoms with Crippen LogP contribution in [0.1, 0.15) is 53.5 Å². The topological polar surface area (TPSA) is 158 Å². The molecular weight excluding hydrogens is 454 g/mol. The number of rotatable bonds is 9. The van der Waals surface area contributed by atoms with E-state index >= 15 is 0 Å². The highest BCUT2D eigenvalue weighted by molar-refractivity contribution is 5.99. The van der Waals surface area contributed by atoms with E-state index in [-0.39, 0.29) is 18.2 Å². The first-order chi connectivity index (χ1) is 17.4. The van der Waals surface area contributed by atoms with Crippen molar-refractivity contribution in [2.24, 2.45) is 28.9 Å². The maximum Gasteiger partial charge on any atom is 0.270 e. The summed E-state index contributed by atoms with van der Waals surface area (Å²) in [6, 6.07) is 15.4. The zero-order chi connectivity index (χ0) is 25.7. The minimum absolute atomic E-state index is 0.0170. The molecule has 0 atom stereocenters. The molecule has 0 bridgehead atoms. The van der Waals surface area contributed by atoms with E-state index in [1.54, 1.807) is 0 Å². The smallest absolute Gasteiger partial charge is 0.270 e. The van der Waals surface area contributed by atoms with Crippen molar-refractivity contribution >= 4 is 28.4 Å². The van der Waals surface area contributed by atoms with Crippen molar-refractivity contribution in [3.05, 3.63) is 65.4 Å². The van der Waals surface area contributed by atoms with Gasteiger partial charge in [-0.1, -0.05) is 24.3 Å². The van der Waals surface area contributed by atoms with Crippen molar-refractivity contribution in [1.82, 2.24) is 9.47 Å². The van der Waals surface area contributed by atoms with E-state index in [9.17, 15) is 9.59 Å². The molecule has 9 heteroatoms. The number of hydrogen-bond acceptors (Lipinski definition) is 6. The molecule has 36 heavy (non-hydrogen) atoms. The molecule has 1 aromatic heterocycles. The Kier molecular flexibility index (Phi) is 8.37. The average molecular weight is 492 g/mol. The van der Waals surface area contributed by atoms with Crippen molar-refractivity contribution in [2.45, 2.75) is 38.4 Å². The van der Waals surface area contributed by atoms with Gasteiger partial charge >= 0.3 is 0 Å². The second-order valence-electron chi connectivity index (χ2n) is 9.56. The number of aromatic nitrogens is 1. The van der Waals surface area contributed by atoms with E-state index < -0.39 is 6.17 Å². The first-order valence-corrected chi connectivity index (χ1v) is 12.6. The number of hydrogen-bond donors (Lipinski definition) is 5. The Bertz CT molecular complexity index is 1210. The Hall–Kier alpha value is -3.24. The second-order valence-corrected chi connectivity index (χ2v) is 9.56. The Morgan fingerprint density at radius 1 is 1.00 bits per heavy atom. The average Bonchev–Trinajstić information content (AvgIpc) is 3.22. The molecule has 2 aromatic carbocycles. The molecule has 0 spiro atoms. The Morgan fingerprint density at radius 2 is 1.78 bits per heavy atom. The van der Waals surface area contributed by atoms with Gasteiger partial charge < -0.3 is 37.7 Å². The summed E-state index contributed by atoms with van der Waals surface area (Å²) in [4.78, 5) is 27.7. The third-order valence-corrected chi connectivity index (χ3v) is 6.93. The molecule has 3 aromatic rings. The molecule has 9 N–H and O–H groups in total. The predicted molar refractivity (Wildman–Crippen MR) is 143 cm³/mol. The van der Waals surface area contributed by atoms with Crippen LogP contribution in [-0.2, 0) is 11.3 Å². The molecule has 9 nitrogen and oxygen atoms in total. The molecule has 1 saturated heterocycles. The quantitative estimate of drug-likeness (QED) is 0.288. The van der Waals surface area contributed by atoms with Crippen LogP contribution in [0.3, 0.4) is 0 Å². The number of carbonyl (C=O) groups excluding carboxylic acids is 2. The van der Waals surface area contributed by atoms with Gasteiger partial charge in [0.1, 0.15) is 5.69 Å². The summed E-state index contributed by atoms with van der Waals surface area (Å²) in [5, 5.41) is 3.83. The number of amides is 2. The number of likely N-dealkylation sites (tertiary alicyclic amines) is 1. The number of fused-ring (bicyclic) bond motifs is 1. The van der Waals surface area contributed by atoms with Gasteiger partial charge in [0, 0.05) is 49.2 Å². The second kappa shape index (κ2) is 11.7. The van der Waals surface area contributed by atoms with Gasteiger partial charge in [-0.25, -0.2) is 0 Å². The molecule has 0 saturated carbocycles. The summed E-state index contributed by atoms with van der Waals surface area (Å²) in [5.41, 5.74) is 27.1. The van der Waals surface area contributed by atoms with Gasteiger partial charge in [0.05, 0.1) is 6.17 Å². The van der Waals surface area contributed by atoms with Crippen molar-refractivity contribution in [2.75, 3.05) is 31.5 Å². The first-order valence-electron chi connectivity index (χ1n) is 12.6. The van der Waals surface area contributed by atoms with Gasteiger partial charge in [-0.15, -0.1) is 0 Å². The van der Waals surface area contributed by atoms with Crippen LogP contribution in [0.25, 0.3) is 10.9 Å². The van der Waals surface area contributed by atoms with E-state index in [0.717, 1.165) is 54.4 Å². The monoisotopic (exact) mass is 491 g/mol. The maximum atomic E-state index is 13.7. The minimum Gasteiger partial charge on any atom is -0.337 e. The first kappa shape index (κ1) is 25.8.